The molecule has 2 aromatic carbocycles. The maximum absolute atomic E-state index is 12.6. The Labute approximate surface area is 150 Å². The quantitative estimate of drug-likeness (QED) is 0.605. The largest absolute Gasteiger partial charge is 0.497 e. The number of anilines is 2. The molecule has 0 aliphatic rings. The molecule has 4 aromatic rings. The molecule has 0 aliphatic heterocycles. The van der Waals surface area contributed by atoms with Crippen LogP contribution in [0.1, 0.15) is 0 Å². The van der Waals surface area contributed by atoms with Gasteiger partial charge in [0, 0.05) is 29.4 Å². The molecule has 0 amide bonds. The van der Waals surface area contributed by atoms with E-state index >= 15 is 0 Å². The van der Waals surface area contributed by atoms with E-state index in [-0.39, 0.29) is 5.43 Å². The summed E-state index contributed by atoms with van der Waals surface area (Å²) >= 11 is 0. The Morgan fingerprint density at radius 2 is 1.85 bits per heavy atom. The van der Waals surface area contributed by atoms with Crippen molar-refractivity contribution in [2.75, 3.05) is 12.4 Å². The highest BCUT2D eigenvalue weighted by Crippen LogP contribution is 2.26. The van der Waals surface area contributed by atoms with Crippen LogP contribution >= 0.6 is 0 Å². The van der Waals surface area contributed by atoms with Crippen LogP contribution in [0.25, 0.3) is 16.6 Å². The van der Waals surface area contributed by atoms with Crippen molar-refractivity contribution in [3.05, 3.63) is 89.3 Å². The van der Waals surface area contributed by atoms with E-state index in [2.05, 4.69) is 10.3 Å². The van der Waals surface area contributed by atoms with Gasteiger partial charge in [0.15, 0.2) is 5.43 Å². The molecule has 0 saturated carbocycles. The Morgan fingerprint density at radius 3 is 2.65 bits per heavy atom. The molecule has 0 radical (unpaired) electrons. The molecule has 5 nitrogen and oxygen atoms in total. The molecule has 2 heterocycles. The number of para-hydroxylation sites is 1. The summed E-state index contributed by atoms with van der Waals surface area (Å²) in [7, 11) is 1.63. The summed E-state index contributed by atoms with van der Waals surface area (Å²) in [6.45, 7) is 0. The Hall–Kier alpha value is -3.60. The van der Waals surface area contributed by atoms with E-state index in [1.807, 2.05) is 59.2 Å². The van der Waals surface area contributed by atoms with Gasteiger partial charge < -0.3 is 10.1 Å². The van der Waals surface area contributed by atoms with Gasteiger partial charge >= 0.3 is 0 Å². The number of nitrogens with one attached hydrogen (secondary N) is 1. The SMILES string of the molecule is COc1cccc(-n2c(Nc3ccccc3)cc(=O)c3ccncc32)c1. The number of ether oxygens (including phenoxy) is 1. The molecule has 0 atom stereocenters. The zero-order valence-corrected chi connectivity index (χ0v) is 14.2. The monoisotopic (exact) mass is 343 g/mol. The molecule has 1 N–H and O–H groups in total. The number of fused-ring (bicyclic) bond motifs is 1. The Morgan fingerprint density at radius 1 is 1.00 bits per heavy atom. The lowest BCUT2D eigenvalue weighted by Gasteiger charge is -2.18. The fourth-order valence-electron chi connectivity index (χ4n) is 2.96. The molecular formula is C21H17N3O2. The lowest BCUT2D eigenvalue weighted by molar-refractivity contribution is 0.414. The van der Waals surface area contributed by atoms with Crippen molar-refractivity contribution in [2.45, 2.75) is 0 Å². The molecule has 0 bridgehead atoms. The topological polar surface area (TPSA) is 56.1 Å². The van der Waals surface area contributed by atoms with Gasteiger partial charge in [0.1, 0.15) is 11.6 Å². The molecule has 4 rings (SSSR count). The van der Waals surface area contributed by atoms with Crippen molar-refractivity contribution in [3.8, 4) is 11.4 Å². The first kappa shape index (κ1) is 15.9. The van der Waals surface area contributed by atoms with Gasteiger partial charge in [0.2, 0.25) is 0 Å². The summed E-state index contributed by atoms with van der Waals surface area (Å²) in [5.41, 5.74) is 2.44. The average Bonchev–Trinajstić information content (AvgIpc) is 2.69. The third kappa shape index (κ3) is 2.91. The van der Waals surface area contributed by atoms with Gasteiger partial charge in [-0.3, -0.25) is 14.3 Å². The molecule has 0 fully saturated rings. The van der Waals surface area contributed by atoms with E-state index in [0.717, 1.165) is 22.6 Å². The smallest absolute Gasteiger partial charge is 0.191 e. The lowest BCUT2D eigenvalue weighted by Crippen LogP contribution is -2.12. The van der Waals surface area contributed by atoms with Crippen LogP contribution in [0.15, 0.2) is 83.9 Å². The number of methoxy groups -OCH3 is 1. The van der Waals surface area contributed by atoms with E-state index in [4.69, 9.17) is 4.74 Å². The van der Waals surface area contributed by atoms with E-state index in [1.165, 1.54) is 0 Å². The number of rotatable bonds is 4. The standard InChI is InChI=1S/C21H17N3O2/c1-26-17-9-5-8-16(12-17)24-19-14-22-11-10-18(19)20(25)13-21(24)23-15-6-3-2-4-7-15/h2-14,23H,1H3. The number of benzene rings is 2. The second kappa shape index (κ2) is 6.72. The van der Waals surface area contributed by atoms with Crippen LogP contribution in [0.2, 0.25) is 0 Å². The van der Waals surface area contributed by atoms with Crippen molar-refractivity contribution in [3.63, 3.8) is 0 Å². The lowest BCUT2D eigenvalue weighted by atomic mass is 10.2. The molecule has 0 spiro atoms. The number of pyridine rings is 2. The Bertz CT molecular complexity index is 1120. The fraction of sp³-hybridized carbons (Fsp3) is 0.0476. The first-order chi connectivity index (χ1) is 12.8. The van der Waals surface area contributed by atoms with Gasteiger partial charge in [0.05, 0.1) is 24.5 Å². The molecule has 0 unspecified atom stereocenters. The highest BCUT2D eigenvalue weighted by atomic mass is 16.5. The minimum Gasteiger partial charge on any atom is -0.497 e. The van der Waals surface area contributed by atoms with E-state index < -0.39 is 0 Å². The predicted molar refractivity (Wildman–Crippen MR) is 104 cm³/mol. The van der Waals surface area contributed by atoms with Gasteiger partial charge in [-0.15, -0.1) is 0 Å². The second-order valence-electron chi connectivity index (χ2n) is 5.81. The van der Waals surface area contributed by atoms with Gasteiger partial charge in [-0.2, -0.15) is 0 Å². The van der Waals surface area contributed by atoms with Crippen molar-refractivity contribution in [2.24, 2.45) is 0 Å². The van der Waals surface area contributed by atoms with Crippen LogP contribution in [0.5, 0.6) is 5.75 Å². The van der Waals surface area contributed by atoms with Gasteiger partial charge in [-0.05, 0) is 30.3 Å². The zero-order chi connectivity index (χ0) is 17.9. The van der Waals surface area contributed by atoms with Crippen LogP contribution in [0.3, 0.4) is 0 Å². The van der Waals surface area contributed by atoms with Gasteiger partial charge in [-0.25, -0.2) is 0 Å². The van der Waals surface area contributed by atoms with Crippen LogP contribution in [-0.4, -0.2) is 16.7 Å². The maximum atomic E-state index is 12.6. The van der Waals surface area contributed by atoms with Crippen molar-refractivity contribution in [1.82, 2.24) is 9.55 Å². The summed E-state index contributed by atoms with van der Waals surface area (Å²) in [6, 6.07) is 20.8. The van der Waals surface area contributed by atoms with Crippen molar-refractivity contribution < 1.29 is 4.74 Å². The predicted octanol–water partition coefficient (Wildman–Crippen LogP) is 4.14. The number of nitrogens with zero attached hydrogens (tertiary/aromatic N) is 2. The summed E-state index contributed by atoms with van der Waals surface area (Å²) in [5.74, 6) is 1.40. The van der Waals surface area contributed by atoms with Crippen LogP contribution < -0.4 is 15.5 Å². The molecular weight excluding hydrogens is 326 g/mol. The highest BCUT2D eigenvalue weighted by molar-refractivity contribution is 5.83. The number of hydrogen-bond acceptors (Lipinski definition) is 4. The van der Waals surface area contributed by atoms with Crippen LogP contribution in [0, 0.1) is 0 Å². The summed E-state index contributed by atoms with van der Waals surface area (Å²) < 4.78 is 7.33. The molecule has 128 valence electrons. The normalized spacial score (nSPS) is 10.7. The van der Waals surface area contributed by atoms with Crippen molar-refractivity contribution >= 4 is 22.4 Å². The number of aromatic nitrogens is 2. The average molecular weight is 343 g/mol. The molecule has 0 aliphatic carbocycles. The molecule has 26 heavy (non-hydrogen) atoms. The summed E-state index contributed by atoms with van der Waals surface area (Å²) in [4.78, 5) is 16.8. The van der Waals surface area contributed by atoms with E-state index in [9.17, 15) is 4.79 Å². The summed E-state index contributed by atoms with van der Waals surface area (Å²) in [5, 5.41) is 3.95. The molecule has 5 heteroatoms. The van der Waals surface area contributed by atoms with E-state index in [1.54, 1.807) is 31.6 Å². The van der Waals surface area contributed by atoms with Gasteiger partial charge in [-0.1, -0.05) is 24.3 Å². The van der Waals surface area contributed by atoms with Crippen LogP contribution in [-0.2, 0) is 0 Å². The zero-order valence-electron chi connectivity index (χ0n) is 14.2. The minimum atomic E-state index is -0.0556. The highest BCUT2D eigenvalue weighted by Gasteiger charge is 2.12. The van der Waals surface area contributed by atoms with Crippen molar-refractivity contribution in [1.29, 1.82) is 0 Å². The minimum absolute atomic E-state index is 0.0556. The summed E-state index contributed by atoms with van der Waals surface area (Å²) in [6.07, 6.45) is 3.33. The fourth-order valence-corrected chi connectivity index (χ4v) is 2.96. The third-order valence-electron chi connectivity index (χ3n) is 4.17. The van der Waals surface area contributed by atoms with Crippen LogP contribution in [0.4, 0.5) is 11.5 Å². The molecule has 0 saturated heterocycles. The van der Waals surface area contributed by atoms with E-state index in [0.29, 0.717) is 11.2 Å². The number of hydrogen-bond donors (Lipinski definition) is 1. The first-order valence-electron chi connectivity index (χ1n) is 8.22. The Balaban J connectivity index is 1.99. The Kier molecular flexibility index (Phi) is 4.11. The van der Waals surface area contributed by atoms with Gasteiger partial charge in [0.25, 0.3) is 0 Å². The maximum Gasteiger partial charge on any atom is 0.191 e. The molecule has 2 aromatic heterocycles. The third-order valence-corrected chi connectivity index (χ3v) is 4.17. The first-order valence-corrected chi connectivity index (χ1v) is 8.22. The second-order valence-corrected chi connectivity index (χ2v) is 5.81.